The van der Waals surface area contributed by atoms with Gasteiger partial charge >= 0.3 is 0 Å². The number of nitrogens with one attached hydrogen (secondary N) is 1. The van der Waals surface area contributed by atoms with Gasteiger partial charge in [-0.2, -0.15) is 5.26 Å². The second kappa shape index (κ2) is 5.28. The topological polar surface area (TPSA) is 54.3 Å². The molecule has 1 aromatic rings. The molecule has 1 N–H and O–H groups in total. The summed E-state index contributed by atoms with van der Waals surface area (Å²) in [5, 5.41) is 12.1. The van der Waals surface area contributed by atoms with Crippen LogP contribution in [0.1, 0.15) is 31.0 Å². The Hall–Kier alpha value is -1.73. The Kier molecular flexibility index (Phi) is 3.73. The Morgan fingerprint density at radius 1 is 1.61 bits per heavy atom. The van der Waals surface area contributed by atoms with Gasteiger partial charge in [0.2, 0.25) is 0 Å². The predicted molar refractivity (Wildman–Crippen MR) is 68.8 cm³/mol. The minimum Gasteiger partial charge on any atom is -0.493 e. The summed E-state index contributed by atoms with van der Waals surface area (Å²) >= 11 is 0. The van der Waals surface area contributed by atoms with E-state index >= 15 is 0 Å². The lowest BCUT2D eigenvalue weighted by atomic mass is 10.0. The molecule has 0 bridgehead atoms. The highest BCUT2D eigenvalue weighted by molar-refractivity contribution is 5.51. The quantitative estimate of drug-likeness (QED) is 0.884. The minimum absolute atomic E-state index is 0.194. The first-order valence-corrected chi connectivity index (χ1v) is 6.22. The Morgan fingerprint density at radius 2 is 2.39 bits per heavy atom. The fraction of sp³-hybridized carbons (Fsp3) is 0.500. The van der Waals surface area contributed by atoms with Gasteiger partial charge in [0.05, 0.1) is 12.7 Å². The standard InChI is InChI=1S/C14H18N2O2/c1-4-17-14-6-10-5-9(2)18-13(10)7-11(14)12(8-15)16-3/h6-7,9,12,16H,4-5H2,1-3H3. The van der Waals surface area contributed by atoms with Crippen LogP contribution in [0.5, 0.6) is 11.5 Å². The van der Waals surface area contributed by atoms with Crippen molar-refractivity contribution in [3.8, 4) is 17.6 Å². The molecule has 1 aliphatic rings. The fourth-order valence-corrected chi connectivity index (χ4v) is 2.25. The summed E-state index contributed by atoms with van der Waals surface area (Å²) in [6.07, 6.45) is 1.09. The molecule has 2 unspecified atom stereocenters. The average Bonchev–Trinajstić information content (AvgIpc) is 2.70. The van der Waals surface area contributed by atoms with Crippen molar-refractivity contribution < 1.29 is 9.47 Å². The molecule has 18 heavy (non-hydrogen) atoms. The van der Waals surface area contributed by atoms with Crippen molar-refractivity contribution in [2.45, 2.75) is 32.4 Å². The van der Waals surface area contributed by atoms with Crippen molar-refractivity contribution in [2.24, 2.45) is 0 Å². The Labute approximate surface area is 108 Å². The van der Waals surface area contributed by atoms with E-state index in [1.807, 2.05) is 26.0 Å². The molecule has 0 radical (unpaired) electrons. The van der Waals surface area contributed by atoms with Crippen LogP contribution in [0.2, 0.25) is 0 Å². The SMILES string of the molecule is CCOc1cc2c(cc1C(C#N)NC)OC(C)C2. The molecule has 0 spiro atoms. The molecule has 0 aromatic heterocycles. The van der Waals surface area contributed by atoms with Crippen LogP contribution in [0.4, 0.5) is 0 Å². The maximum Gasteiger partial charge on any atom is 0.125 e. The number of nitrogens with zero attached hydrogens (tertiary/aromatic N) is 1. The first-order valence-electron chi connectivity index (χ1n) is 6.22. The fourth-order valence-electron chi connectivity index (χ4n) is 2.25. The van der Waals surface area contributed by atoms with Gasteiger partial charge in [-0.15, -0.1) is 0 Å². The highest BCUT2D eigenvalue weighted by Crippen LogP contribution is 2.37. The third-order valence-corrected chi connectivity index (χ3v) is 3.06. The molecule has 0 amide bonds. The maximum absolute atomic E-state index is 9.16. The van der Waals surface area contributed by atoms with Gasteiger partial charge < -0.3 is 14.8 Å². The molecular weight excluding hydrogens is 228 g/mol. The molecule has 0 aliphatic carbocycles. The Morgan fingerprint density at radius 3 is 3.00 bits per heavy atom. The van der Waals surface area contributed by atoms with E-state index in [1.165, 1.54) is 0 Å². The third-order valence-electron chi connectivity index (χ3n) is 3.06. The maximum atomic E-state index is 9.16. The summed E-state index contributed by atoms with van der Waals surface area (Å²) in [4.78, 5) is 0. The van der Waals surface area contributed by atoms with E-state index in [-0.39, 0.29) is 12.1 Å². The zero-order chi connectivity index (χ0) is 13.1. The number of fused-ring (bicyclic) bond motifs is 1. The van der Waals surface area contributed by atoms with Crippen molar-refractivity contribution in [3.05, 3.63) is 23.3 Å². The normalized spacial score (nSPS) is 18.7. The first-order chi connectivity index (χ1) is 8.69. The molecule has 4 heteroatoms. The van der Waals surface area contributed by atoms with Crippen LogP contribution < -0.4 is 14.8 Å². The van der Waals surface area contributed by atoms with E-state index in [2.05, 4.69) is 11.4 Å². The molecule has 1 aromatic carbocycles. The summed E-state index contributed by atoms with van der Waals surface area (Å²) in [6.45, 7) is 4.57. The van der Waals surface area contributed by atoms with Gasteiger partial charge in [-0.1, -0.05) is 0 Å². The number of hydrogen-bond donors (Lipinski definition) is 1. The van der Waals surface area contributed by atoms with Crippen molar-refractivity contribution in [1.82, 2.24) is 5.32 Å². The molecule has 2 rings (SSSR count). The van der Waals surface area contributed by atoms with Crippen LogP contribution in [0.25, 0.3) is 0 Å². The molecule has 1 heterocycles. The summed E-state index contributed by atoms with van der Waals surface area (Å²) in [5.74, 6) is 1.64. The third kappa shape index (κ3) is 2.27. The van der Waals surface area contributed by atoms with E-state index in [4.69, 9.17) is 14.7 Å². The number of rotatable bonds is 4. The van der Waals surface area contributed by atoms with Crippen LogP contribution in [0, 0.1) is 11.3 Å². The highest BCUT2D eigenvalue weighted by atomic mass is 16.5. The average molecular weight is 246 g/mol. The van der Waals surface area contributed by atoms with E-state index in [1.54, 1.807) is 7.05 Å². The monoisotopic (exact) mass is 246 g/mol. The second-order valence-electron chi connectivity index (χ2n) is 4.41. The van der Waals surface area contributed by atoms with Crippen LogP contribution in [0.3, 0.4) is 0 Å². The van der Waals surface area contributed by atoms with Gasteiger partial charge in [0.25, 0.3) is 0 Å². The number of nitriles is 1. The van der Waals surface area contributed by atoms with E-state index in [9.17, 15) is 0 Å². The molecule has 0 saturated carbocycles. The minimum atomic E-state index is -0.378. The number of ether oxygens (including phenoxy) is 2. The summed E-state index contributed by atoms with van der Waals surface area (Å²) in [7, 11) is 1.76. The van der Waals surface area contributed by atoms with Crippen LogP contribution in [-0.4, -0.2) is 19.8 Å². The molecule has 2 atom stereocenters. The lowest BCUT2D eigenvalue weighted by Gasteiger charge is -2.15. The first kappa shape index (κ1) is 12.7. The smallest absolute Gasteiger partial charge is 0.125 e. The summed E-state index contributed by atoms with van der Waals surface area (Å²) in [6, 6.07) is 5.77. The molecule has 4 nitrogen and oxygen atoms in total. The van der Waals surface area contributed by atoms with Crippen molar-refractivity contribution in [2.75, 3.05) is 13.7 Å². The van der Waals surface area contributed by atoms with Gasteiger partial charge in [-0.05, 0) is 33.0 Å². The molecule has 0 fully saturated rings. The zero-order valence-electron chi connectivity index (χ0n) is 11.0. The zero-order valence-corrected chi connectivity index (χ0v) is 11.0. The predicted octanol–water partition coefficient (Wildman–Crippen LogP) is 2.19. The number of hydrogen-bond acceptors (Lipinski definition) is 4. The van der Waals surface area contributed by atoms with Crippen molar-refractivity contribution in [1.29, 1.82) is 5.26 Å². The molecule has 96 valence electrons. The largest absolute Gasteiger partial charge is 0.493 e. The van der Waals surface area contributed by atoms with E-state index in [0.717, 1.165) is 29.0 Å². The highest BCUT2D eigenvalue weighted by Gasteiger charge is 2.24. The van der Waals surface area contributed by atoms with Crippen molar-refractivity contribution >= 4 is 0 Å². The number of benzene rings is 1. The lowest BCUT2D eigenvalue weighted by molar-refractivity contribution is 0.254. The Balaban J connectivity index is 2.44. The van der Waals surface area contributed by atoms with Gasteiger partial charge in [-0.3, -0.25) is 0 Å². The molecule has 1 aliphatic heterocycles. The Bertz CT molecular complexity index is 479. The van der Waals surface area contributed by atoms with Gasteiger partial charge in [0, 0.05) is 17.5 Å². The van der Waals surface area contributed by atoms with Gasteiger partial charge in [0.15, 0.2) is 0 Å². The molecular formula is C14H18N2O2. The summed E-state index contributed by atoms with van der Waals surface area (Å²) in [5.41, 5.74) is 2.00. The lowest BCUT2D eigenvalue weighted by Crippen LogP contribution is -2.15. The summed E-state index contributed by atoms with van der Waals surface area (Å²) < 4.78 is 11.4. The van der Waals surface area contributed by atoms with Crippen LogP contribution >= 0.6 is 0 Å². The van der Waals surface area contributed by atoms with Crippen LogP contribution in [-0.2, 0) is 6.42 Å². The second-order valence-corrected chi connectivity index (χ2v) is 4.41. The van der Waals surface area contributed by atoms with Crippen LogP contribution in [0.15, 0.2) is 12.1 Å². The molecule has 0 saturated heterocycles. The van der Waals surface area contributed by atoms with Crippen molar-refractivity contribution in [3.63, 3.8) is 0 Å². The van der Waals surface area contributed by atoms with E-state index < -0.39 is 0 Å². The van der Waals surface area contributed by atoms with Gasteiger partial charge in [0.1, 0.15) is 23.6 Å². The van der Waals surface area contributed by atoms with Gasteiger partial charge in [-0.25, -0.2) is 0 Å². The van der Waals surface area contributed by atoms with E-state index in [0.29, 0.717) is 6.61 Å².